The van der Waals surface area contributed by atoms with Crippen molar-refractivity contribution in [3.8, 4) is 0 Å². The van der Waals surface area contributed by atoms with Crippen molar-refractivity contribution in [1.29, 1.82) is 0 Å². The van der Waals surface area contributed by atoms with Gasteiger partial charge in [0.05, 0.1) is 30.6 Å². The largest absolute Gasteiger partial charge is 0.381 e. The number of nitrogens with one attached hydrogen (secondary N) is 1. The highest BCUT2D eigenvalue weighted by Gasteiger charge is 2.47. The molecule has 1 amide bonds. The van der Waals surface area contributed by atoms with Crippen LogP contribution in [-0.4, -0.2) is 70.8 Å². The maximum absolute atomic E-state index is 12.5. The topological polar surface area (TPSA) is 116 Å². The molecule has 1 atom stereocenters. The van der Waals surface area contributed by atoms with Gasteiger partial charge < -0.3 is 14.8 Å². The van der Waals surface area contributed by atoms with Crippen molar-refractivity contribution in [1.82, 2.24) is 24.6 Å². The van der Waals surface area contributed by atoms with Crippen LogP contribution in [0.25, 0.3) is 0 Å². The van der Waals surface area contributed by atoms with Gasteiger partial charge in [0.2, 0.25) is 15.9 Å². The molecular weight excluding hydrogens is 398 g/mol. The number of ether oxygens (including phenoxy) is 2. The zero-order valence-electron chi connectivity index (χ0n) is 17.0. The normalized spacial score (nSPS) is 26.2. The van der Waals surface area contributed by atoms with Crippen LogP contribution in [0.4, 0.5) is 0 Å². The van der Waals surface area contributed by atoms with Crippen LogP contribution in [0, 0.1) is 5.92 Å². The summed E-state index contributed by atoms with van der Waals surface area (Å²) in [4.78, 5) is 12.3. The molecule has 0 aromatic carbocycles. The van der Waals surface area contributed by atoms with Crippen molar-refractivity contribution in [3.05, 3.63) is 11.4 Å². The van der Waals surface area contributed by atoms with E-state index in [0.29, 0.717) is 58.1 Å². The molecule has 0 saturated carbocycles. The molecule has 2 fully saturated rings. The van der Waals surface area contributed by atoms with Crippen LogP contribution in [-0.2, 0) is 44.0 Å². The van der Waals surface area contributed by atoms with Gasteiger partial charge in [0.25, 0.3) is 0 Å². The van der Waals surface area contributed by atoms with Crippen molar-refractivity contribution in [2.75, 3.05) is 26.3 Å². The second-order valence-electron chi connectivity index (χ2n) is 8.39. The third-order valence-corrected chi connectivity index (χ3v) is 8.35. The Morgan fingerprint density at radius 1 is 1.31 bits per heavy atom. The molecule has 0 aliphatic carbocycles. The lowest BCUT2D eigenvalue weighted by Gasteiger charge is -2.34. The van der Waals surface area contributed by atoms with Gasteiger partial charge in [0.15, 0.2) is 0 Å². The number of hydrogen-bond donors (Lipinski definition) is 1. The number of hydrogen-bond acceptors (Lipinski definition) is 7. The number of sulfonamides is 1. The van der Waals surface area contributed by atoms with Crippen LogP contribution >= 0.6 is 0 Å². The molecule has 1 unspecified atom stereocenters. The minimum absolute atomic E-state index is 0.0120. The minimum Gasteiger partial charge on any atom is -0.381 e. The summed E-state index contributed by atoms with van der Waals surface area (Å²) in [6, 6.07) is 0. The molecule has 1 spiro atoms. The van der Waals surface area contributed by atoms with Crippen LogP contribution in [0.1, 0.15) is 44.5 Å². The Morgan fingerprint density at radius 3 is 2.79 bits per heavy atom. The first-order chi connectivity index (χ1) is 13.8. The van der Waals surface area contributed by atoms with Crippen molar-refractivity contribution in [2.24, 2.45) is 5.92 Å². The molecule has 11 heteroatoms. The van der Waals surface area contributed by atoms with Gasteiger partial charge in [-0.15, -0.1) is 5.10 Å². The fraction of sp³-hybridized carbons (Fsp3) is 0.833. The fourth-order valence-corrected chi connectivity index (χ4v) is 5.53. The highest BCUT2D eigenvalue weighted by Crippen LogP contribution is 2.34. The van der Waals surface area contributed by atoms with E-state index in [2.05, 4.69) is 15.6 Å². The minimum atomic E-state index is -3.30. The van der Waals surface area contributed by atoms with Crippen LogP contribution in [0.5, 0.6) is 0 Å². The third-order valence-electron chi connectivity index (χ3n) is 6.13. The van der Waals surface area contributed by atoms with Crippen LogP contribution in [0.3, 0.4) is 0 Å². The van der Waals surface area contributed by atoms with E-state index in [1.807, 2.05) is 0 Å². The molecule has 3 aliphatic rings. The molecule has 10 nitrogen and oxygen atoms in total. The van der Waals surface area contributed by atoms with Crippen LogP contribution in [0.2, 0.25) is 0 Å². The van der Waals surface area contributed by atoms with Crippen LogP contribution in [0.15, 0.2) is 0 Å². The second-order valence-corrected chi connectivity index (χ2v) is 10.9. The molecular formula is C18H29N5O5S. The molecule has 4 rings (SSSR count). The van der Waals surface area contributed by atoms with E-state index >= 15 is 0 Å². The lowest BCUT2D eigenvalue weighted by atomic mass is 9.99. The summed E-state index contributed by atoms with van der Waals surface area (Å²) in [5.41, 5.74) is 0.976. The zero-order valence-corrected chi connectivity index (χ0v) is 17.8. The molecule has 29 heavy (non-hydrogen) atoms. The summed E-state index contributed by atoms with van der Waals surface area (Å²) < 4.78 is 39.7. The first kappa shape index (κ1) is 20.7. The van der Waals surface area contributed by atoms with Gasteiger partial charge in [-0.1, -0.05) is 5.21 Å². The van der Waals surface area contributed by atoms with E-state index in [9.17, 15) is 13.2 Å². The molecule has 1 N–H and O–H groups in total. The van der Waals surface area contributed by atoms with E-state index < -0.39 is 20.9 Å². The fourth-order valence-electron chi connectivity index (χ4n) is 4.18. The van der Waals surface area contributed by atoms with E-state index in [1.54, 1.807) is 18.5 Å². The van der Waals surface area contributed by atoms with Gasteiger partial charge in [0, 0.05) is 32.2 Å². The summed E-state index contributed by atoms with van der Waals surface area (Å²) in [7, 11) is -3.30. The molecule has 1 aromatic heterocycles. The average molecular weight is 428 g/mol. The second kappa shape index (κ2) is 7.93. The highest BCUT2D eigenvalue weighted by atomic mass is 32.2. The van der Waals surface area contributed by atoms with E-state index in [1.165, 1.54) is 4.31 Å². The molecule has 162 valence electrons. The van der Waals surface area contributed by atoms with Crippen molar-refractivity contribution in [2.45, 2.75) is 63.7 Å². The first-order valence-electron chi connectivity index (χ1n) is 10.2. The molecule has 0 radical (unpaired) electrons. The number of aromatic nitrogens is 3. The SMILES string of the molecule is CC(C)S(=O)(=O)N1CCC2(C1)Cn1nnc(CNC(=O)C3CCOCC3)c1CO2. The lowest BCUT2D eigenvalue weighted by molar-refractivity contribution is -0.128. The maximum Gasteiger partial charge on any atom is 0.223 e. The Labute approximate surface area is 171 Å². The van der Waals surface area contributed by atoms with E-state index in [4.69, 9.17) is 9.47 Å². The summed E-state index contributed by atoms with van der Waals surface area (Å²) in [6.45, 7) is 6.52. The molecule has 2 saturated heterocycles. The average Bonchev–Trinajstić information content (AvgIpc) is 3.31. The Hall–Kier alpha value is -1.56. The number of carbonyl (C=O) groups excluding carboxylic acids is 1. The quantitative estimate of drug-likeness (QED) is 0.705. The van der Waals surface area contributed by atoms with E-state index in [-0.39, 0.29) is 11.8 Å². The Bertz CT molecular complexity index is 864. The maximum atomic E-state index is 12.5. The zero-order chi connectivity index (χ0) is 20.6. The monoisotopic (exact) mass is 427 g/mol. The van der Waals surface area contributed by atoms with Gasteiger partial charge in [-0.3, -0.25) is 4.79 Å². The highest BCUT2D eigenvalue weighted by molar-refractivity contribution is 7.89. The van der Waals surface area contributed by atoms with Gasteiger partial charge in [-0.25, -0.2) is 13.1 Å². The van der Waals surface area contributed by atoms with Gasteiger partial charge >= 0.3 is 0 Å². The number of fused-ring (bicyclic) bond motifs is 1. The Morgan fingerprint density at radius 2 is 2.07 bits per heavy atom. The number of rotatable bonds is 5. The number of amides is 1. The van der Waals surface area contributed by atoms with Gasteiger partial charge in [-0.2, -0.15) is 4.31 Å². The first-order valence-corrected chi connectivity index (χ1v) is 11.7. The van der Waals surface area contributed by atoms with Crippen molar-refractivity contribution in [3.63, 3.8) is 0 Å². The predicted molar refractivity (Wildman–Crippen MR) is 103 cm³/mol. The van der Waals surface area contributed by atoms with Crippen molar-refractivity contribution < 1.29 is 22.7 Å². The van der Waals surface area contributed by atoms with Crippen molar-refractivity contribution >= 4 is 15.9 Å². The standard InChI is InChI=1S/C18H29N5O5S/c1-13(2)29(25,26)22-6-5-18(11-22)12-23-16(10-28-18)15(20-21-23)9-19-17(24)14-3-7-27-8-4-14/h13-14H,3-12H2,1-2H3,(H,19,24). The molecule has 4 heterocycles. The lowest BCUT2D eigenvalue weighted by Crippen LogP contribution is -2.46. The predicted octanol–water partition coefficient (Wildman–Crippen LogP) is 0.0338. The summed E-state index contributed by atoms with van der Waals surface area (Å²) in [5, 5.41) is 11.0. The number of carbonyl (C=O) groups is 1. The Balaban J connectivity index is 1.38. The van der Waals surface area contributed by atoms with E-state index in [0.717, 1.165) is 18.5 Å². The summed E-state index contributed by atoms with van der Waals surface area (Å²) in [5.74, 6) is 0.00984. The van der Waals surface area contributed by atoms with Crippen LogP contribution < -0.4 is 5.32 Å². The molecule has 3 aliphatic heterocycles. The van der Waals surface area contributed by atoms with Gasteiger partial charge in [0.1, 0.15) is 11.3 Å². The molecule has 0 bridgehead atoms. The number of nitrogens with zero attached hydrogens (tertiary/aromatic N) is 4. The summed E-state index contributed by atoms with van der Waals surface area (Å²) >= 11 is 0. The summed E-state index contributed by atoms with van der Waals surface area (Å²) in [6.07, 6.45) is 2.12. The third kappa shape index (κ3) is 4.05. The smallest absolute Gasteiger partial charge is 0.223 e. The molecule has 1 aromatic rings. The van der Waals surface area contributed by atoms with Gasteiger partial charge in [-0.05, 0) is 33.1 Å². The Kier molecular flexibility index (Phi) is 5.66.